The summed E-state index contributed by atoms with van der Waals surface area (Å²) in [6.45, 7) is 1.80. The SMILES string of the molecule is Cc1cc(C(=O)NCc2cc3ccccc3[nH]c2=O)nn1-c1ccccc1F. The van der Waals surface area contributed by atoms with Crippen LogP contribution in [0.5, 0.6) is 0 Å². The number of nitrogens with zero attached hydrogens (tertiary/aromatic N) is 2. The van der Waals surface area contributed by atoms with Crippen molar-refractivity contribution < 1.29 is 9.18 Å². The van der Waals surface area contributed by atoms with Gasteiger partial charge in [-0.15, -0.1) is 0 Å². The molecule has 0 spiro atoms. The number of aryl methyl sites for hydroxylation is 1. The topological polar surface area (TPSA) is 79.8 Å². The van der Waals surface area contributed by atoms with Gasteiger partial charge in [-0.1, -0.05) is 30.3 Å². The number of fused-ring (bicyclic) bond motifs is 1. The number of hydrogen-bond donors (Lipinski definition) is 2. The van der Waals surface area contributed by atoms with Crippen LogP contribution in [-0.2, 0) is 6.54 Å². The smallest absolute Gasteiger partial charge is 0.272 e. The molecule has 0 saturated heterocycles. The van der Waals surface area contributed by atoms with E-state index >= 15 is 0 Å². The minimum absolute atomic E-state index is 0.0601. The molecule has 7 heteroatoms. The van der Waals surface area contributed by atoms with E-state index in [4.69, 9.17) is 0 Å². The monoisotopic (exact) mass is 376 g/mol. The highest BCUT2D eigenvalue weighted by Crippen LogP contribution is 2.16. The fourth-order valence-electron chi connectivity index (χ4n) is 3.04. The summed E-state index contributed by atoms with van der Waals surface area (Å²) in [7, 11) is 0. The maximum Gasteiger partial charge on any atom is 0.272 e. The van der Waals surface area contributed by atoms with Gasteiger partial charge in [0.25, 0.3) is 11.5 Å². The Morgan fingerprint density at radius 2 is 1.89 bits per heavy atom. The highest BCUT2D eigenvalue weighted by Gasteiger charge is 2.15. The summed E-state index contributed by atoms with van der Waals surface area (Å²) >= 11 is 0. The van der Waals surface area contributed by atoms with Gasteiger partial charge >= 0.3 is 0 Å². The molecule has 1 amide bonds. The van der Waals surface area contributed by atoms with Crippen molar-refractivity contribution in [3.8, 4) is 5.69 Å². The molecule has 0 unspecified atom stereocenters. The van der Waals surface area contributed by atoms with Gasteiger partial charge in [0, 0.05) is 23.3 Å². The van der Waals surface area contributed by atoms with Gasteiger partial charge in [0.2, 0.25) is 0 Å². The van der Waals surface area contributed by atoms with Gasteiger partial charge in [-0.25, -0.2) is 9.07 Å². The van der Waals surface area contributed by atoms with E-state index in [2.05, 4.69) is 15.4 Å². The molecule has 0 fully saturated rings. The molecule has 2 aromatic carbocycles. The van der Waals surface area contributed by atoms with Crippen LogP contribution in [0.1, 0.15) is 21.7 Å². The molecule has 2 N–H and O–H groups in total. The molecule has 0 aliphatic rings. The van der Waals surface area contributed by atoms with Gasteiger partial charge in [-0.3, -0.25) is 9.59 Å². The fourth-order valence-corrected chi connectivity index (χ4v) is 3.04. The van der Waals surface area contributed by atoms with Gasteiger partial charge in [-0.05, 0) is 42.6 Å². The molecule has 4 aromatic rings. The number of aromatic nitrogens is 3. The van der Waals surface area contributed by atoms with Gasteiger partial charge in [0.15, 0.2) is 5.69 Å². The highest BCUT2D eigenvalue weighted by molar-refractivity contribution is 5.92. The van der Waals surface area contributed by atoms with Gasteiger partial charge in [0.05, 0.1) is 0 Å². The third kappa shape index (κ3) is 3.29. The Morgan fingerprint density at radius 1 is 1.14 bits per heavy atom. The Balaban J connectivity index is 1.55. The molecule has 0 radical (unpaired) electrons. The van der Waals surface area contributed by atoms with Crippen molar-refractivity contribution in [1.29, 1.82) is 0 Å². The number of halogens is 1. The maximum absolute atomic E-state index is 14.0. The van der Waals surface area contributed by atoms with Gasteiger partial charge in [0.1, 0.15) is 11.5 Å². The fraction of sp³-hybridized carbons (Fsp3) is 0.0952. The lowest BCUT2D eigenvalue weighted by Gasteiger charge is -2.06. The predicted octanol–water partition coefficient (Wildman–Crippen LogP) is 3.09. The third-order valence-corrected chi connectivity index (χ3v) is 4.47. The third-order valence-electron chi connectivity index (χ3n) is 4.47. The van der Waals surface area contributed by atoms with Crippen LogP contribution in [0.25, 0.3) is 16.6 Å². The Morgan fingerprint density at radius 3 is 2.71 bits per heavy atom. The van der Waals surface area contributed by atoms with E-state index in [0.29, 0.717) is 11.3 Å². The van der Waals surface area contributed by atoms with Crippen molar-refractivity contribution in [2.75, 3.05) is 0 Å². The van der Waals surface area contributed by atoms with Crippen LogP contribution < -0.4 is 10.9 Å². The first-order valence-corrected chi connectivity index (χ1v) is 8.73. The first-order chi connectivity index (χ1) is 13.5. The number of hydrogen-bond acceptors (Lipinski definition) is 3. The van der Waals surface area contributed by atoms with E-state index in [0.717, 1.165) is 10.9 Å². The number of nitrogens with one attached hydrogen (secondary N) is 2. The lowest BCUT2D eigenvalue weighted by atomic mass is 10.1. The van der Waals surface area contributed by atoms with Crippen LogP contribution in [0.3, 0.4) is 0 Å². The summed E-state index contributed by atoms with van der Waals surface area (Å²) in [5, 5.41) is 7.78. The van der Waals surface area contributed by atoms with Crippen LogP contribution in [-0.4, -0.2) is 20.7 Å². The first-order valence-electron chi connectivity index (χ1n) is 8.73. The van der Waals surface area contributed by atoms with E-state index in [1.807, 2.05) is 24.3 Å². The summed E-state index contributed by atoms with van der Waals surface area (Å²) in [6, 6.07) is 17.0. The molecule has 2 aromatic heterocycles. The van der Waals surface area contributed by atoms with Gasteiger partial charge < -0.3 is 10.3 Å². The second-order valence-corrected chi connectivity index (χ2v) is 6.43. The average molecular weight is 376 g/mol. The highest BCUT2D eigenvalue weighted by atomic mass is 19.1. The summed E-state index contributed by atoms with van der Waals surface area (Å²) < 4.78 is 15.4. The maximum atomic E-state index is 14.0. The number of carbonyl (C=O) groups excluding carboxylic acids is 1. The van der Waals surface area contributed by atoms with E-state index in [9.17, 15) is 14.0 Å². The molecule has 28 heavy (non-hydrogen) atoms. The van der Waals surface area contributed by atoms with Crippen molar-refractivity contribution in [3.05, 3.63) is 93.8 Å². The zero-order valence-electron chi connectivity index (χ0n) is 15.1. The first kappa shape index (κ1) is 17.7. The normalized spacial score (nSPS) is 10.9. The molecule has 0 bridgehead atoms. The zero-order valence-corrected chi connectivity index (χ0v) is 15.1. The number of aromatic amines is 1. The molecule has 4 rings (SSSR count). The van der Waals surface area contributed by atoms with Crippen LogP contribution >= 0.6 is 0 Å². The summed E-state index contributed by atoms with van der Waals surface area (Å²) in [5.74, 6) is -0.867. The van der Waals surface area contributed by atoms with Crippen molar-refractivity contribution >= 4 is 16.8 Å². The Bertz CT molecular complexity index is 1240. The molecular weight excluding hydrogens is 359 g/mol. The Hall–Kier alpha value is -3.74. The molecule has 0 aliphatic carbocycles. The molecule has 6 nitrogen and oxygen atoms in total. The van der Waals surface area contributed by atoms with E-state index < -0.39 is 11.7 Å². The Kier molecular flexibility index (Phi) is 4.49. The largest absolute Gasteiger partial charge is 0.346 e. The minimum Gasteiger partial charge on any atom is -0.346 e. The molecule has 0 atom stereocenters. The standard InChI is InChI=1S/C21H17FN4O2/c1-13-10-18(25-26(13)19-9-5-3-7-16(19)22)21(28)23-12-15-11-14-6-2-4-8-17(14)24-20(15)27/h2-11H,12H2,1H3,(H,23,28)(H,24,27). The number of H-pyrrole nitrogens is 1. The summed E-state index contributed by atoms with van der Waals surface area (Å²) in [4.78, 5) is 27.5. The minimum atomic E-state index is -0.439. The second-order valence-electron chi connectivity index (χ2n) is 6.43. The average Bonchev–Trinajstić information content (AvgIpc) is 3.08. The van der Waals surface area contributed by atoms with E-state index in [1.165, 1.54) is 10.7 Å². The summed E-state index contributed by atoms with van der Waals surface area (Å²) in [6.07, 6.45) is 0. The number of carbonyl (C=O) groups is 1. The van der Waals surface area contributed by atoms with Crippen molar-refractivity contribution in [2.45, 2.75) is 13.5 Å². The predicted molar refractivity (Wildman–Crippen MR) is 104 cm³/mol. The lowest BCUT2D eigenvalue weighted by Crippen LogP contribution is -2.27. The van der Waals surface area contributed by atoms with Crippen LogP contribution in [0, 0.1) is 12.7 Å². The van der Waals surface area contributed by atoms with Crippen molar-refractivity contribution in [3.63, 3.8) is 0 Å². The van der Waals surface area contributed by atoms with Crippen LogP contribution in [0.4, 0.5) is 4.39 Å². The molecule has 0 saturated carbocycles. The molecular formula is C21H17FN4O2. The Labute approximate surface area is 159 Å². The van der Waals surface area contributed by atoms with Crippen LogP contribution in [0.2, 0.25) is 0 Å². The number of para-hydroxylation sites is 2. The molecule has 0 aliphatic heterocycles. The number of amides is 1. The van der Waals surface area contributed by atoms with Crippen LogP contribution in [0.15, 0.2) is 65.5 Å². The number of pyridine rings is 1. The van der Waals surface area contributed by atoms with E-state index in [-0.39, 0.29) is 23.5 Å². The zero-order chi connectivity index (χ0) is 19.7. The summed E-state index contributed by atoms with van der Waals surface area (Å²) in [5.41, 5.74) is 1.97. The lowest BCUT2D eigenvalue weighted by molar-refractivity contribution is 0.0945. The second kappa shape index (κ2) is 7.11. The van der Waals surface area contributed by atoms with Gasteiger partial charge in [-0.2, -0.15) is 5.10 Å². The van der Waals surface area contributed by atoms with Crippen molar-refractivity contribution in [1.82, 2.24) is 20.1 Å². The number of benzene rings is 2. The number of rotatable bonds is 4. The molecule has 2 heterocycles. The van der Waals surface area contributed by atoms with Crippen molar-refractivity contribution in [2.24, 2.45) is 0 Å². The molecule has 140 valence electrons. The van der Waals surface area contributed by atoms with E-state index in [1.54, 1.807) is 37.3 Å². The quantitative estimate of drug-likeness (QED) is 0.574.